The number of piperazine rings is 1. The Balaban J connectivity index is 1.39. The molecule has 190 valence electrons. The smallest absolute Gasteiger partial charge is 0.382 e. The van der Waals surface area contributed by atoms with Gasteiger partial charge in [-0.2, -0.15) is 18.3 Å². The number of urea groups is 1. The molecule has 1 aromatic heterocycles. The van der Waals surface area contributed by atoms with Crippen LogP contribution >= 0.6 is 0 Å². The fourth-order valence-corrected chi connectivity index (χ4v) is 5.09. The Morgan fingerprint density at radius 2 is 1.58 bits per heavy atom. The molecular weight excluding hydrogens is 469 g/mol. The number of rotatable bonds is 4. The SMILES string of the molecule is Nc1c(NC(=O)N2CCN(C3CCCC3)CC2)c(-c2ccccc2)nn1-c1ccc(C(F)(F)F)cc1. The molecule has 0 atom stereocenters. The molecule has 2 amide bonds. The zero-order chi connectivity index (χ0) is 25.3. The van der Waals surface area contributed by atoms with Crippen LogP contribution in [0, 0.1) is 0 Å². The Morgan fingerprint density at radius 1 is 0.944 bits per heavy atom. The molecule has 36 heavy (non-hydrogen) atoms. The monoisotopic (exact) mass is 498 g/mol. The average molecular weight is 499 g/mol. The van der Waals surface area contributed by atoms with Gasteiger partial charge < -0.3 is 16.0 Å². The first-order valence-corrected chi connectivity index (χ1v) is 12.2. The first kappa shape index (κ1) is 24.2. The van der Waals surface area contributed by atoms with E-state index >= 15 is 0 Å². The lowest BCUT2D eigenvalue weighted by Gasteiger charge is -2.38. The highest BCUT2D eigenvalue weighted by Crippen LogP contribution is 2.35. The topological polar surface area (TPSA) is 79.4 Å². The number of amides is 2. The molecule has 0 bridgehead atoms. The van der Waals surface area contributed by atoms with E-state index in [0.29, 0.717) is 36.2 Å². The van der Waals surface area contributed by atoms with Crippen LogP contribution in [0.3, 0.4) is 0 Å². The van der Waals surface area contributed by atoms with Gasteiger partial charge in [-0.25, -0.2) is 9.48 Å². The van der Waals surface area contributed by atoms with Crippen LogP contribution < -0.4 is 11.1 Å². The summed E-state index contributed by atoms with van der Waals surface area (Å²) in [6.07, 6.45) is 0.564. The van der Waals surface area contributed by atoms with Gasteiger partial charge in [-0.15, -0.1) is 0 Å². The molecule has 2 fully saturated rings. The number of alkyl halides is 3. The van der Waals surface area contributed by atoms with E-state index in [1.54, 1.807) is 4.90 Å². The molecule has 10 heteroatoms. The van der Waals surface area contributed by atoms with Crippen molar-refractivity contribution < 1.29 is 18.0 Å². The Labute approximate surface area is 207 Å². The lowest BCUT2D eigenvalue weighted by Crippen LogP contribution is -2.52. The number of nitrogens with two attached hydrogens (primary N) is 1. The van der Waals surface area contributed by atoms with Gasteiger partial charge in [0.05, 0.1) is 11.3 Å². The lowest BCUT2D eigenvalue weighted by atomic mass is 10.1. The van der Waals surface area contributed by atoms with Crippen LogP contribution in [0.5, 0.6) is 0 Å². The van der Waals surface area contributed by atoms with E-state index in [1.165, 1.54) is 42.5 Å². The minimum absolute atomic E-state index is 0.145. The summed E-state index contributed by atoms with van der Waals surface area (Å²) in [5.41, 5.74) is 7.54. The molecular formula is C26H29F3N6O. The van der Waals surface area contributed by atoms with Gasteiger partial charge in [0.2, 0.25) is 0 Å². The van der Waals surface area contributed by atoms with Gasteiger partial charge in [0.15, 0.2) is 5.82 Å². The number of anilines is 2. The number of hydrogen-bond acceptors (Lipinski definition) is 4. The van der Waals surface area contributed by atoms with Gasteiger partial charge in [0.25, 0.3) is 0 Å². The normalized spacial score (nSPS) is 17.5. The van der Waals surface area contributed by atoms with Crippen LogP contribution in [0.4, 0.5) is 29.5 Å². The summed E-state index contributed by atoms with van der Waals surface area (Å²) in [7, 11) is 0. The molecule has 1 saturated heterocycles. The number of nitrogens with zero attached hydrogens (tertiary/aromatic N) is 4. The van der Waals surface area contributed by atoms with E-state index in [2.05, 4.69) is 15.3 Å². The van der Waals surface area contributed by atoms with Crippen molar-refractivity contribution >= 4 is 17.5 Å². The predicted molar refractivity (Wildman–Crippen MR) is 133 cm³/mol. The number of aromatic nitrogens is 2. The van der Waals surface area contributed by atoms with Crippen LogP contribution in [-0.4, -0.2) is 57.8 Å². The van der Waals surface area contributed by atoms with Crippen molar-refractivity contribution in [2.24, 2.45) is 0 Å². The van der Waals surface area contributed by atoms with E-state index in [0.717, 1.165) is 30.8 Å². The molecule has 2 aliphatic rings. The van der Waals surface area contributed by atoms with Gasteiger partial charge >= 0.3 is 12.2 Å². The van der Waals surface area contributed by atoms with E-state index in [9.17, 15) is 18.0 Å². The van der Waals surface area contributed by atoms with Crippen molar-refractivity contribution in [1.29, 1.82) is 0 Å². The maximum atomic E-state index is 13.2. The third kappa shape index (κ3) is 4.90. The maximum Gasteiger partial charge on any atom is 0.416 e. The quantitative estimate of drug-likeness (QED) is 0.516. The molecule has 1 aliphatic carbocycles. The summed E-state index contributed by atoms with van der Waals surface area (Å²) in [4.78, 5) is 17.5. The number of hydrogen-bond donors (Lipinski definition) is 2. The highest BCUT2D eigenvalue weighted by Gasteiger charge is 2.31. The Morgan fingerprint density at radius 3 is 2.19 bits per heavy atom. The minimum Gasteiger partial charge on any atom is -0.382 e. The van der Waals surface area contributed by atoms with Gasteiger partial charge in [0, 0.05) is 37.8 Å². The zero-order valence-corrected chi connectivity index (χ0v) is 19.8. The number of nitrogens with one attached hydrogen (secondary N) is 1. The fraction of sp³-hybridized carbons (Fsp3) is 0.385. The van der Waals surface area contributed by atoms with Crippen LogP contribution in [0.15, 0.2) is 54.6 Å². The lowest BCUT2D eigenvalue weighted by molar-refractivity contribution is -0.137. The second kappa shape index (κ2) is 9.85. The van der Waals surface area contributed by atoms with Crippen LogP contribution in [-0.2, 0) is 6.18 Å². The number of benzene rings is 2. The predicted octanol–water partition coefficient (Wildman–Crippen LogP) is 5.23. The summed E-state index contributed by atoms with van der Waals surface area (Å²) in [6, 6.07) is 14.2. The molecule has 3 aromatic rings. The van der Waals surface area contributed by atoms with E-state index in [1.807, 2.05) is 30.3 Å². The molecule has 5 rings (SSSR count). The number of carbonyl (C=O) groups excluding carboxylic acids is 1. The Bertz CT molecular complexity index is 1190. The molecule has 1 saturated carbocycles. The van der Waals surface area contributed by atoms with E-state index in [4.69, 9.17) is 5.73 Å². The maximum absolute atomic E-state index is 13.2. The van der Waals surface area contributed by atoms with Crippen LogP contribution in [0.25, 0.3) is 16.9 Å². The van der Waals surface area contributed by atoms with Crippen LogP contribution in [0.1, 0.15) is 31.2 Å². The Kier molecular flexibility index (Phi) is 6.61. The summed E-state index contributed by atoms with van der Waals surface area (Å²) in [5, 5.41) is 7.51. The Hall–Kier alpha value is -3.53. The van der Waals surface area contributed by atoms with Gasteiger partial charge in [-0.05, 0) is 37.1 Å². The molecule has 0 spiro atoms. The van der Waals surface area contributed by atoms with Crippen molar-refractivity contribution in [3.05, 3.63) is 60.2 Å². The van der Waals surface area contributed by atoms with Crippen molar-refractivity contribution in [2.45, 2.75) is 37.9 Å². The van der Waals surface area contributed by atoms with Crippen LogP contribution in [0.2, 0.25) is 0 Å². The summed E-state index contributed by atoms with van der Waals surface area (Å²) in [5.74, 6) is 0.145. The molecule has 3 N–H and O–H groups in total. The highest BCUT2D eigenvalue weighted by atomic mass is 19.4. The first-order valence-electron chi connectivity index (χ1n) is 12.2. The van der Waals surface area contributed by atoms with E-state index < -0.39 is 11.7 Å². The summed E-state index contributed by atoms with van der Waals surface area (Å²) >= 11 is 0. The molecule has 1 aliphatic heterocycles. The van der Waals surface area contributed by atoms with Crippen molar-refractivity contribution in [3.8, 4) is 16.9 Å². The fourth-order valence-electron chi connectivity index (χ4n) is 5.09. The van der Waals surface area contributed by atoms with Gasteiger partial charge in [-0.3, -0.25) is 4.90 Å². The van der Waals surface area contributed by atoms with E-state index in [-0.39, 0.29) is 11.8 Å². The highest BCUT2D eigenvalue weighted by molar-refractivity contribution is 5.97. The van der Waals surface area contributed by atoms with Gasteiger partial charge in [0.1, 0.15) is 11.4 Å². The number of carbonyl (C=O) groups is 1. The summed E-state index contributed by atoms with van der Waals surface area (Å²) < 4.78 is 40.4. The zero-order valence-electron chi connectivity index (χ0n) is 19.8. The molecule has 7 nitrogen and oxygen atoms in total. The first-order chi connectivity index (χ1) is 17.3. The third-order valence-corrected chi connectivity index (χ3v) is 7.08. The molecule has 2 aromatic carbocycles. The van der Waals surface area contributed by atoms with Crippen molar-refractivity contribution in [3.63, 3.8) is 0 Å². The van der Waals surface area contributed by atoms with Crippen molar-refractivity contribution in [2.75, 3.05) is 37.2 Å². The second-order valence-corrected chi connectivity index (χ2v) is 9.32. The second-order valence-electron chi connectivity index (χ2n) is 9.32. The largest absolute Gasteiger partial charge is 0.416 e. The molecule has 0 radical (unpaired) electrons. The standard InChI is InChI=1S/C26H29F3N6O/c27-26(28,29)19-10-12-21(13-11-19)35-24(30)23(22(32-35)18-6-2-1-3-7-18)31-25(36)34-16-14-33(15-17-34)20-8-4-5-9-20/h1-3,6-7,10-13,20H,4-5,8-9,14-17,30H2,(H,31,36). The molecule has 2 heterocycles. The minimum atomic E-state index is -4.44. The average Bonchev–Trinajstić information content (AvgIpc) is 3.53. The third-order valence-electron chi connectivity index (χ3n) is 7.08. The number of nitrogen functional groups attached to an aromatic ring is 1. The van der Waals surface area contributed by atoms with Crippen molar-refractivity contribution in [1.82, 2.24) is 19.6 Å². The summed E-state index contributed by atoms with van der Waals surface area (Å²) in [6.45, 7) is 2.92. The number of halogens is 3. The van der Waals surface area contributed by atoms with Gasteiger partial charge in [-0.1, -0.05) is 43.2 Å². The molecule has 0 unspecified atom stereocenters.